The van der Waals surface area contributed by atoms with E-state index < -0.39 is 27.7 Å². The normalized spacial score (nSPS) is 14.7. The maximum atomic E-state index is 12.6. The monoisotopic (exact) mass is 518 g/mol. The summed E-state index contributed by atoms with van der Waals surface area (Å²) in [5.74, 6) is -2.29. The zero-order chi connectivity index (χ0) is 22.7. The number of ether oxygens (including phenoxy) is 2. The molecule has 0 N–H and O–H groups in total. The minimum Gasteiger partial charge on any atom is -0.467 e. The molecular weight excluding hydrogens is 483 g/mol. The van der Waals surface area contributed by atoms with E-state index in [0.717, 1.165) is 12.0 Å². The van der Waals surface area contributed by atoms with Crippen LogP contribution in [-0.4, -0.2) is 61.3 Å². The first-order valence-corrected chi connectivity index (χ1v) is 14.5. The molecule has 0 aliphatic carbocycles. The summed E-state index contributed by atoms with van der Waals surface area (Å²) in [6.45, 7) is 11.9. The lowest BCUT2D eigenvalue weighted by molar-refractivity contribution is -0.149. The molecular formula is C18H36BrO8PSi. The quantitative estimate of drug-likeness (QED) is 0.104. The van der Waals surface area contributed by atoms with Crippen LogP contribution >= 0.6 is 23.9 Å². The van der Waals surface area contributed by atoms with Gasteiger partial charge >= 0.3 is 13.6 Å². The van der Waals surface area contributed by atoms with Gasteiger partial charge in [-0.25, -0.2) is 4.79 Å². The van der Waals surface area contributed by atoms with Crippen molar-refractivity contribution in [2.75, 3.05) is 41.2 Å². The van der Waals surface area contributed by atoms with E-state index in [1.165, 1.54) is 21.3 Å². The molecule has 1 atom stereocenters. The fourth-order valence-corrected chi connectivity index (χ4v) is 4.33. The topological polar surface area (TPSA) is 89.5 Å². The summed E-state index contributed by atoms with van der Waals surface area (Å²) in [5.41, 5.74) is 0.890. The van der Waals surface area contributed by atoms with E-state index in [-0.39, 0.29) is 11.6 Å². The lowest BCUT2D eigenvalue weighted by Crippen LogP contribution is -2.40. The lowest BCUT2D eigenvalue weighted by Gasteiger charge is -2.35. The fraction of sp³-hybridized carbons (Fsp3) is 0.833. The Morgan fingerprint density at radius 3 is 2.21 bits per heavy atom. The number of rotatable bonds is 14. The van der Waals surface area contributed by atoms with Crippen molar-refractivity contribution in [3.05, 3.63) is 11.6 Å². The second-order valence-electron chi connectivity index (χ2n) is 7.94. The number of carbonyl (C=O) groups is 1. The average Bonchev–Trinajstić information content (AvgIpc) is 2.66. The van der Waals surface area contributed by atoms with Crippen molar-refractivity contribution in [1.82, 2.24) is 0 Å². The average molecular weight is 519 g/mol. The van der Waals surface area contributed by atoms with Gasteiger partial charge in [-0.3, -0.25) is 4.57 Å². The largest absolute Gasteiger partial charge is 0.467 e. The van der Waals surface area contributed by atoms with Gasteiger partial charge in [-0.1, -0.05) is 26.8 Å². The van der Waals surface area contributed by atoms with E-state index in [1.54, 1.807) is 0 Å². The Labute approximate surface area is 184 Å². The van der Waals surface area contributed by atoms with Crippen LogP contribution in [0.1, 0.15) is 33.6 Å². The Kier molecular flexibility index (Phi) is 13.3. The van der Waals surface area contributed by atoms with Crippen LogP contribution in [-0.2, 0) is 36.1 Å². The van der Waals surface area contributed by atoms with Crippen LogP contribution in [0.15, 0.2) is 11.6 Å². The fourth-order valence-electron chi connectivity index (χ4n) is 2.01. The maximum Gasteiger partial charge on any atom is 0.370 e. The van der Waals surface area contributed by atoms with E-state index in [0.29, 0.717) is 19.6 Å². The van der Waals surface area contributed by atoms with Gasteiger partial charge < -0.3 is 26.8 Å². The molecule has 0 radical (unpaired) electrons. The summed E-state index contributed by atoms with van der Waals surface area (Å²) in [7, 11) is -2.13. The molecule has 0 aromatic rings. The van der Waals surface area contributed by atoms with Gasteiger partial charge in [0.05, 0.1) is 43.2 Å². The van der Waals surface area contributed by atoms with Gasteiger partial charge in [0.2, 0.25) is 0 Å². The van der Waals surface area contributed by atoms with Crippen molar-refractivity contribution >= 4 is 38.1 Å². The van der Waals surface area contributed by atoms with Crippen molar-refractivity contribution in [3.63, 3.8) is 0 Å². The van der Waals surface area contributed by atoms with E-state index in [1.807, 2.05) is 6.08 Å². The van der Waals surface area contributed by atoms with Crippen LogP contribution in [0, 0.1) is 0 Å². The molecule has 0 aliphatic heterocycles. The zero-order valence-corrected chi connectivity index (χ0v) is 22.3. The lowest BCUT2D eigenvalue weighted by atomic mass is 10.1. The summed E-state index contributed by atoms with van der Waals surface area (Å²) < 4.78 is 43.9. The van der Waals surface area contributed by atoms with Crippen molar-refractivity contribution in [1.29, 1.82) is 0 Å². The first-order valence-electron chi connectivity index (χ1n) is 9.34. The maximum absolute atomic E-state index is 12.6. The Morgan fingerprint density at radius 2 is 1.76 bits per heavy atom. The number of hydrogen-bond acceptors (Lipinski definition) is 8. The molecule has 0 amide bonds. The van der Waals surface area contributed by atoms with Crippen LogP contribution in [0.3, 0.4) is 0 Å². The first-order chi connectivity index (χ1) is 13.4. The molecule has 0 aromatic carbocycles. The molecule has 1 unspecified atom stereocenters. The van der Waals surface area contributed by atoms with Gasteiger partial charge in [0.1, 0.15) is 0 Å². The number of halogens is 1. The predicted molar refractivity (Wildman–Crippen MR) is 119 cm³/mol. The highest BCUT2D eigenvalue weighted by molar-refractivity contribution is 9.06. The summed E-state index contributed by atoms with van der Waals surface area (Å²) in [5, 5.41) is 0.0981. The third-order valence-electron chi connectivity index (χ3n) is 4.97. The number of methoxy groups -OCH3 is 1. The van der Waals surface area contributed by atoms with Gasteiger partial charge in [-0.05, 0) is 36.5 Å². The predicted octanol–water partition coefficient (Wildman–Crippen LogP) is 5.04. The SMILES string of the molecule is COC(=O)C(OC/C(=C/CO[Si](C)(C)C(C)(C)C)CCCOBr)P(=O)(OC)OC. The molecule has 0 aromatic heterocycles. The zero-order valence-electron chi connectivity index (χ0n) is 18.8. The number of hydrogen-bond donors (Lipinski definition) is 0. The first kappa shape index (κ1) is 28.9. The molecule has 172 valence electrons. The summed E-state index contributed by atoms with van der Waals surface area (Å²) >= 11 is 2.93. The minimum absolute atomic E-state index is 0.0552. The number of esters is 1. The Balaban J connectivity index is 5.29. The van der Waals surface area contributed by atoms with E-state index >= 15 is 0 Å². The third kappa shape index (κ3) is 9.74. The molecule has 0 saturated carbocycles. The van der Waals surface area contributed by atoms with E-state index in [2.05, 4.69) is 50.1 Å². The minimum atomic E-state index is -3.81. The van der Waals surface area contributed by atoms with Crippen molar-refractivity contribution < 1.29 is 36.1 Å². The Bertz CT molecular complexity index is 569. The molecule has 8 nitrogen and oxygen atoms in total. The van der Waals surface area contributed by atoms with Crippen molar-refractivity contribution in [2.24, 2.45) is 0 Å². The summed E-state index contributed by atoms with van der Waals surface area (Å²) in [6.07, 6.45) is 3.33. The summed E-state index contributed by atoms with van der Waals surface area (Å²) in [6, 6.07) is 0. The smallest absolute Gasteiger partial charge is 0.370 e. The van der Waals surface area contributed by atoms with Gasteiger partial charge in [0.25, 0.3) is 5.85 Å². The van der Waals surface area contributed by atoms with Gasteiger partial charge in [0, 0.05) is 14.2 Å². The molecule has 29 heavy (non-hydrogen) atoms. The van der Waals surface area contributed by atoms with Crippen LogP contribution in [0.5, 0.6) is 0 Å². The van der Waals surface area contributed by atoms with E-state index in [4.69, 9.17) is 26.8 Å². The van der Waals surface area contributed by atoms with Gasteiger partial charge in [-0.15, -0.1) is 0 Å². The van der Waals surface area contributed by atoms with Gasteiger partial charge in [-0.2, -0.15) is 0 Å². The Hall–Kier alpha value is -0.0631. The molecule has 0 saturated heterocycles. The molecule has 0 bridgehead atoms. The van der Waals surface area contributed by atoms with Crippen LogP contribution in [0.4, 0.5) is 0 Å². The van der Waals surface area contributed by atoms with Gasteiger partial charge in [0.15, 0.2) is 8.32 Å². The molecule has 0 aliphatic rings. The molecule has 0 heterocycles. The Morgan fingerprint density at radius 1 is 1.17 bits per heavy atom. The van der Waals surface area contributed by atoms with Crippen LogP contribution in [0.25, 0.3) is 0 Å². The molecule has 0 rings (SSSR count). The highest BCUT2D eigenvalue weighted by Gasteiger charge is 2.42. The highest BCUT2D eigenvalue weighted by atomic mass is 79.9. The van der Waals surface area contributed by atoms with Crippen molar-refractivity contribution in [3.8, 4) is 0 Å². The second-order valence-corrected chi connectivity index (χ2v) is 15.5. The van der Waals surface area contributed by atoms with E-state index in [9.17, 15) is 9.36 Å². The van der Waals surface area contributed by atoms with Crippen LogP contribution < -0.4 is 0 Å². The summed E-state index contributed by atoms with van der Waals surface area (Å²) in [4.78, 5) is 12.1. The molecule has 0 spiro atoms. The second kappa shape index (κ2) is 13.4. The molecule has 0 fully saturated rings. The number of carbonyl (C=O) groups excluding carboxylic acids is 1. The standard InChI is InChI=1S/C18H36BrO8PSi/c1-18(2,3)29(7,8)27-13-11-15(10-9-12-26-19)14-25-17(16(20)22-4)28(21,23-5)24-6/h11,17H,9-10,12-14H2,1-8H3/b15-11+. The van der Waals surface area contributed by atoms with Crippen molar-refractivity contribution in [2.45, 2.75) is 57.6 Å². The van der Waals surface area contributed by atoms with Crippen LogP contribution in [0.2, 0.25) is 18.1 Å². The highest BCUT2D eigenvalue weighted by Crippen LogP contribution is 2.52. The molecule has 11 heteroatoms. The third-order valence-corrected chi connectivity index (χ3v) is 11.7.